The molecule has 1 heterocycles. The van der Waals surface area contributed by atoms with E-state index in [4.69, 9.17) is 0 Å². The first-order chi connectivity index (χ1) is 5.58. The molecule has 71 valence electrons. The minimum absolute atomic E-state index is 0.292. The first-order valence-electron chi connectivity index (χ1n) is 4.30. The van der Waals surface area contributed by atoms with Crippen molar-refractivity contribution < 1.29 is 8.42 Å². The predicted molar refractivity (Wildman–Crippen MR) is 49.7 cm³/mol. The number of sulfone groups is 1. The van der Waals surface area contributed by atoms with E-state index in [1.807, 2.05) is 0 Å². The maximum absolute atomic E-state index is 10.8. The van der Waals surface area contributed by atoms with Crippen LogP contribution in [-0.4, -0.2) is 45.0 Å². The van der Waals surface area contributed by atoms with Gasteiger partial charge in [-0.1, -0.05) is 0 Å². The monoisotopic (exact) mass is 190 g/mol. The molecule has 0 bridgehead atoms. The highest BCUT2D eigenvalue weighted by atomic mass is 32.2. The molecule has 0 N–H and O–H groups in total. The van der Waals surface area contributed by atoms with E-state index >= 15 is 0 Å². The third-order valence-corrected chi connectivity index (χ3v) is 2.97. The summed E-state index contributed by atoms with van der Waals surface area (Å²) >= 11 is 0. The Morgan fingerprint density at radius 3 is 2.75 bits per heavy atom. The van der Waals surface area contributed by atoms with Gasteiger partial charge in [0.25, 0.3) is 0 Å². The number of rotatable bonds is 3. The van der Waals surface area contributed by atoms with Crippen molar-refractivity contribution in [1.82, 2.24) is 4.90 Å². The van der Waals surface area contributed by atoms with Crippen LogP contribution in [0.1, 0.15) is 12.8 Å². The van der Waals surface area contributed by atoms with E-state index in [0.29, 0.717) is 12.3 Å². The summed E-state index contributed by atoms with van der Waals surface area (Å²) < 4.78 is 21.7. The molecule has 0 aliphatic carbocycles. The van der Waals surface area contributed by atoms with Crippen molar-refractivity contribution in [2.24, 2.45) is 0 Å². The van der Waals surface area contributed by atoms with Gasteiger partial charge in [0, 0.05) is 19.3 Å². The van der Waals surface area contributed by atoms with Gasteiger partial charge in [-0.25, -0.2) is 8.42 Å². The first kappa shape index (κ1) is 9.99. The smallest absolute Gasteiger partial charge is 0.148 e. The fourth-order valence-corrected chi connectivity index (χ4v) is 1.91. The molecule has 1 saturated heterocycles. The maximum atomic E-state index is 10.8. The van der Waals surface area contributed by atoms with Crippen LogP contribution >= 0.6 is 0 Å². The molecule has 3 nitrogen and oxygen atoms in total. The lowest BCUT2D eigenvalue weighted by Crippen LogP contribution is -2.34. The molecular formula is C8H16NO2S. The van der Waals surface area contributed by atoms with E-state index < -0.39 is 9.84 Å². The molecule has 1 radical (unpaired) electrons. The second-order valence-corrected chi connectivity index (χ2v) is 5.62. The van der Waals surface area contributed by atoms with Crippen LogP contribution in [0.25, 0.3) is 0 Å². The second kappa shape index (κ2) is 4.23. The Morgan fingerprint density at radius 1 is 1.50 bits per heavy atom. The fourth-order valence-electron chi connectivity index (χ4n) is 1.32. The number of hydrogen-bond donors (Lipinski definition) is 0. The molecule has 0 aromatic rings. The SMILES string of the molecule is CS(=O)(=O)CCN1C[CH]CCC1. The molecule has 1 rings (SSSR count). The summed E-state index contributed by atoms with van der Waals surface area (Å²) in [7, 11) is -2.78. The van der Waals surface area contributed by atoms with Crippen LogP contribution < -0.4 is 0 Å². The molecule has 12 heavy (non-hydrogen) atoms. The van der Waals surface area contributed by atoms with Crippen molar-refractivity contribution in [2.75, 3.05) is 31.6 Å². The van der Waals surface area contributed by atoms with Gasteiger partial charge in [-0.3, -0.25) is 0 Å². The summed E-state index contributed by atoms with van der Waals surface area (Å²) in [5.41, 5.74) is 0. The molecule has 0 spiro atoms. The molecule has 1 aliphatic rings. The lowest BCUT2D eigenvalue weighted by Gasteiger charge is -2.25. The van der Waals surface area contributed by atoms with Gasteiger partial charge in [0.2, 0.25) is 0 Å². The predicted octanol–water partition coefficient (Wildman–Crippen LogP) is 0.331. The lowest BCUT2D eigenvalue weighted by atomic mass is 10.1. The van der Waals surface area contributed by atoms with Crippen molar-refractivity contribution >= 4 is 9.84 Å². The normalized spacial score (nSPS) is 21.1. The third kappa shape index (κ3) is 4.07. The highest BCUT2D eigenvalue weighted by molar-refractivity contribution is 7.90. The Kier molecular flexibility index (Phi) is 3.53. The van der Waals surface area contributed by atoms with Crippen molar-refractivity contribution in [3.05, 3.63) is 6.42 Å². The molecule has 0 aromatic carbocycles. The molecule has 1 aliphatic heterocycles. The van der Waals surface area contributed by atoms with Crippen molar-refractivity contribution in [3.63, 3.8) is 0 Å². The Hall–Kier alpha value is -0.0900. The average Bonchev–Trinajstić information content (AvgIpc) is 2.02. The zero-order valence-corrected chi connectivity index (χ0v) is 8.31. The standard InChI is InChI=1S/C8H16NO2S/c1-12(10,11)8-7-9-5-3-2-4-6-9/h3H,2,4-8H2,1H3. The Morgan fingerprint density at radius 2 is 2.25 bits per heavy atom. The van der Waals surface area contributed by atoms with Crippen LogP contribution in [0.4, 0.5) is 0 Å². The summed E-state index contributed by atoms with van der Waals surface area (Å²) in [6.45, 7) is 2.69. The zero-order valence-electron chi connectivity index (χ0n) is 7.49. The zero-order chi connectivity index (χ0) is 9.03. The number of hydrogen-bond acceptors (Lipinski definition) is 3. The van der Waals surface area contributed by atoms with Crippen molar-refractivity contribution in [2.45, 2.75) is 12.8 Å². The fraction of sp³-hybridized carbons (Fsp3) is 0.875. The van der Waals surface area contributed by atoms with Crippen molar-refractivity contribution in [3.8, 4) is 0 Å². The van der Waals surface area contributed by atoms with Gasteiger partial charge in [0.05, 0.1) is 5.75 Å². The highest BCUT2D eigenvalue weighted by Gasteiger charge is 2.11. The van der Waals surface area contributed by atoms with Crippen LogP contribution in [0.5, 0.6) is 0 Å². The van der Waals surface area contributed by atoms with Crippen LogP contribution in [0.2, 0.25) is 0 Å². The Bertz CT molecular complexity index is 217. The largest absolute Gasteiger partial charge is 0.302 e. The van der Waals surface area contributed by atoms with Gasteiger partial charge in [-0.15, -0.1) is 0 Å². The number of piperidine rings is 1. The quantitative estimate of drug-likeness (QED) is 0.643. The van der Waals surface area contributed by atoms with E-state index in [0.717, 1.165) is 13.1 Å². The molecule has 0 atom stereocenters. The third-order valence-electron chi connectivity index (χ3n) is 2.05. The summed E-state index contributed by atoms with van der Waals surface area (Å²) in [6.07, 6.45) is 5.85. The molecule has 0 amide bonds. The summed E-state index contributed by atoms with van der Waals surface area (Å²) in [4.78, 5) is 2.19. The van der Waals surface area contributed by atoms with Gasteiger partial charge in [0.1, 0.15) is 9.84 Å². The van der Waals surface area contributed by atoms with Crippen LogP contribution in [0.15, 0.2) is 0 Å². The van der Waals surface area contributed by atoms with Gasteiger partial charge >= 0.3 is 0 Å². The van der Waals surface area contributed by atoms with Gasteiger partial charge in [-0.05, 0) is 25.8 Å². The summed E-state index contributed by atoms with van der Waals surface area (Å²) in [5.74, 6) is 0.292. The van der Waals surface area contributed by atoms with E-state index in [1.165, 1.54) is 19.1 Å². The number of nitrogens with zero attached hydrogens (tertiary/aromatic N) is 1. The van der Waals surface area contributed by atoms with E-state index in [-0.39, 0.29) is 0 Å². The van der Waals surface area contributed by atoms with Crippen LogP contribution in [0, 0.1) is 6.42 Å². The molecule has 4 heteroatoms. The van der Waals surface area contributed by atoms with E-state index in [9.17, 15) is 8.42 Å². The summed E-state index contributed by atoms with van der Waals surface area (Å²) in [6, 6.07) is 0. The van der Waals surface area contributed by atoms with Gasteiger partial charge in [-0.2, -0.15) is 0 Å². The first-order valence-corrected chi connectivity index (χ1v) is 6.36. The molecule has 0 saturated carbocycles. The molecule has 1 fully saturated rings. The topological polar surface area (TPSA) is 37.4 Å². The second-order valence-electron chi connectivity index (χ2n) is 3.36. The Balaban J connectivity index is 2.22. The number of likely N-dealkylation sites (tertiary alicyclic amines) is 1. The minimum atomic E-state index is -2.78. The molecule has 0 aromatic heterocycles. The lowest BCUT2D eigenvalue weighted by molar-refractivity contribution is 0.277. The highest BCUT2D eigenvalue weighted by Crippen LogP contribution is 2.06. The van der Waals surface area contributed by atoms with Crippen molar-refractivity contribution in [1.29, 1.82) is 0 Å². The average molecular weight is 190 g/mol. The van der Waals surface area contributed by atoms with Crippen LogP contribution in [0.3, 0.4) is 0 Å². The Labute approximate surface area is 74.7 Å². The van der Waals surface area contributed by atoms with Gasteiger partial charge < -0.3 is 4.90 Å². The van der Waals surface area contributed by atoms with Crippen LogP contribution in [-0.2, 0) is 9.84 Å². The van der Waals surface area contributed by atoms with Gasteiger partial charge in [0.15, 0.2) is 0 Å². The van der Waals surface area contributed by atoms with E-state index in [1.54, 1.807) is 0 Å². The molecular weight excluding hydrogens is 174 g/mol. The maximum Gasteiger partial charge on any atom is 0.148 e. The molecule has 0 unspecified atom stereocenters. The summed E-state index contributed by atoms with van der Waals surface area (Å²) in [5, 5.41) is 0. The minimum Gasteiger partial charge on any atom is -0.302 e. The van der Waals surface area contributed by atoms with E-state index in [2.05, 4.69) is 11.3 Å².